The predicted octanol–water partition coefficient (Wildman–Crippen LogP) is 6.17. The van der Waals surface area contributed by atoms with Crippen LogP contribution in [0.1, 0.15) is 18.7 Å². The lowest BCUT2D eigenvalue weighted by atomic mass is 9.96. The summed E-state index contributed by atoms with van der Waals surface area (Å²) in [6.45, 7) is 6.75. The van der Waals surface area contributed by atoms with E-state index in [0.29, 0.717) is 46.0 Å². The molecule has 1 atom stereocenters. The molecule has 234 valence electrons. The van der Waals surface area contributed by atoms with Crippen molar-refractivity contribution in [1.29, 1.82) is 0 Å². The van der Waals surface area contributed by atoms with Gasteiger partial charge in [-0.25, -0.2) is 18.7 Å². The van der Waals surface area contributed by atoms with E-state index in [1.54, 1.807) is 21.3 Å². The van der Waals surface area contributed by atoms with E-state index in [1.807, 2.05) is 42.9 Å². The van der Waals surface area contributed by atoms with Gasteiger partial charge in [-0.2, -0.15) is 10.2 Å². The van der Waals surface area contributed by atoms with Crippen molar-refractivity contribution in [2.24, 2.45) is 7.05 Å². The number of aromatic nitrogens is 6. The van der Waals surface area contributed by atoms with Crippen molar-refractivity contribution < 1.29 is 23.0 Å². The minimum absolute atomic E-state index is 0.00322. The fourth-order valence-electron chi connectivity index (χ4n) is 6.03. The Labute approximate surface area is 266 Å². The summed E-state index contributed by atoms with van der Waals surface area (Å²) in [7, 11) is 3.40. The molecular weight excluding hydrogens is 612 g/mol. The number of carbonyl (C=O) groups excluding carboxylic acids is 1. The number of fused-ring (bicyclic) bond motifs is 3. The van der Waals surface area contributed by atoms with Gasteiger partial charge < -0.3 is 14.4 Å². The molecule has 0 N–H and O–H groups in total. The third kappa shape index (κ3) is 4.92. The first kappa shape index (κ1) is 29.7. The summed E-state index contributed by atoms with van der Waals surface area (Å²) in [5.41, 5.74) is 6.50. The molecule has 13 heteroatoms. The van der Waals surface area contributed by atoms with Crippen LogP contribution in [-0.2, 0) is 23.1 Å². The van der Waals surface area contributed by atoms with E-state index in [1.165, 1.54) is 24.5 Å². The molecule has 10 nitrogen and oxygen atoms in total. The number of benzene rings is 2. The maximum absolute atomic E-state index is 16.0. The Kier molecular flexibility index (Phi) is 7.57. The van der Waals surface area contributed by atoms with Crippen LogP contribution in [0.3, 0.4) is 0 Å². The third-order valence-corrected chi connectivity index (χ3v) is 9.11. The van der Waals surface area contributed by atoms with Crippen molar-refractivity contribution >= 4 is 38.4 Å². The van der Waals surface area contributed by atoms with Gasteiger partial charge in [-0.05, 0) is 31.2 Å². The minimum atomic E-state index is -0.825. The van der Waals surface area contributed by atoms with Crippen molar-refractivity contribution in [2.75, 3.05) is 26.9 Å². The molecule has 0 radical (unpaired) electrons. The Morgan fingerprint density at radius 2 is 1.98 bits per heavy atom. The summed E-state index contributed by atoms with van der Waals surface area (Å²) in [5.74, 6) is -1.79. The number of carbonyl (C=O) groups is 1. The molecular formula is C33H29F2N7O3S. The Bertz CT molecular complexity index is 2150. The van der Waals surface area contributed by atoms with Gasteiger partial charge in [-0.15, -0.1) is 11.3 Å². The highest BCUT2D eigenvalue weighted by Gasteiger charge is 2.31. The van der Waals surface area contributed by atoms with E-state index < -0.39 is 11.6 Å². The average molecular weight is 642 g/mol. The highest BCUT2D eigenvalue weighted by Crippen LogP contribution is 2.46. The van der Waals surface area contributed by atoms with E-state index in [9.17, 15) is 9.18 Å². The van der Waals surface area contributed by atoms with E-state index in [0.717, 1.165) is 34.3 Å². The number of ether oxygens (including phenoxy) is 2. The van der Waals surface area contributed by atoms with Crippen LogP contribution in [-0.4, -0.2) is 67.2 Å². The molecule has 0 unspecified atom stereocenters. The molecule has 6 aromatic rings. The van der Waals surface area contributed by atoms with E-state index >= 15 is 4.39 Å². The summed E-state index contributed by atoms with van der Waals surface area (Å²) < 4.78 is 46.0. The van der Waals surface area contributed by atoms with Crippen LogP contribution in [0.4, 0.5) is 8.78 Å². The topological polar surface area (TPSA) is 100 Å². The van der Waals surface area contributed by atoms with Crippen LogP contribution in [0.5, 0.6) is 5.75 Å². The summed E-state index contributed by atoms with van der Waals surface area (Å²) in [6.07, 6.45) is 3.09. The highest BCUT2D eigenvalue weighted by atomic mass is 32.1. The number of aryl methyl sites for hydroxylation is 1. The number of rotatable bonds is 8. The predicted molar refractivity (Wildman–Crippen MR) is 171 cm³/mol. The molecule has 5 heterocycles. The van der Waals surface area contributed by atoms with Crippen LogP contribution >= 0.6 is 11.3 Å². The van der Waals surface area contributed by atoms with Crippen LogP contribution in [0.15, 0.2) is 60.8 Å². The van der Waals surface area contributed by atoms with Crippen molar-refractivity contribution in [1.82, 2.24) is 34.4 Å². The maximum atomic E-state index is 16.0. The van der Waals surface area contributed by atoms with E-state index in [2.05, 4.69) is 11.7 Å². The van der Waals surface area contributed by atoms with Gasteiger partial charge in [-0.3, -0.25) is 14.2 Å². The number of halogens is 2. The van der Waals surface area contributed by atoms with Crippen molar-refractivity contribution in [2.45, 2.75) is 19.5 Å². The molecule has 7 rings (SSSR count). The summed E-state index contributed by atoms with van der Waals surface area (Å²) in [4.78, 5) is 24.2. The van der Waals surface area contributed by atoms with E-state index in [-0.39, 0.29) is 36.5 Å². The monoisotopic (exact) mass is 641 g/mol. The van der Waals surface area contributed by atoms with Gasteiger partial charge in [0.2, 0.25) is 5.91 Å². The summed E-state index contributed by atoms with van der Waals surface area (Å²) in [5, 5.41) is 10.2. The molecule has 0 saturated heterocycles. The Balaban J connectivity index is 1.50. The number of nitrogens with zero attached hydrogens (tertiary/aromatic N) is 7. The van der Waals surface area contributed by atoms with Crippen LogP contribution in [0.2, 0.25) is 0 Å². The number of hydrogen-bond acceptors (Lipinski definition) is 8. The lowest BCUT2D eigenvalue weighted by Gasteiger charge is -2.33. The molecule has 1 aliphatic heterocycles. The van der Waals surface area contributed by atoms with Crippen molar-refractivity contribution in [3.05, 3.63) is 78.1 Å². The zero-order valence-electron chi connectivity index (χ0n) is 25.3. The second-order valence-corrected chi connectivity index (χ2v) is 11.8. The molecule has 0 spiro atoms. The lowest BCUT2D eigenvalue weighted by Crippen LogP contribution is -2.40. The molecule has 4 aromatic heterocycles. The number of pyridine rings is 1. The number of thiazole rings is 1. The quantitative estimate of drug-likeness (QED) is 0.145. The molecule has 2 aromatic carbocycles. The van der Waals surface area contributed by atoms with Gasteiger partial charge in [0.25, 0.3) is 0 Å². The Hall–Kier alpha value is -5.01. The zero-order valence-corrected chi connectivity index (χ0v) is 26.1. The van der Waals surface area contributed by atoms with Gasteiger partial charge in [0.05, 0.1) is 63.6 Å². The first-order chi connectivity index (χ1) is 22.3. The summed E-state index contributed by atoms with van der Waals surface area (Å²) >= 11 is 1.37. The molecule has 1 aliphatic rings. The van der Waals surface area contributed by atoms with Crippen LogP contribution in [0.25, 0.3) is 54.9 Å². The van der Waals surface area contributed by atoms with Gasteiger partial charge in [0.15, 0.2) is 0 Å². The lowest BCUT2D eigenvalue weighted by molar-refractivity contribution is -0.129. The molecule has 46 heavy (non-hydrogen) atoms. The largest absolute Gasteiger partial charge is 0.490 e. The molecule has 0 aliphatic carbocycles. The minimum Gasteiger partial charge on any atom is -0.490 e. The van der Waals surface area contributed by atoms with Crippen LogP contribution < -0.4 is 4.74 Å². The molecule has 0 saturated carbocycles. The second kappa shape index (κ2) is 11.7. The van der Waals surface area contributed by atoms with E-state index in [4.69, 9.17) is 24.5 Å². The van der Waals surface area contributed by atoms with Gasteiger partial charge in [0, 0.05) is 49.3 Å². The number of methoxy groups -OCH3 is 1. The molecule has 1 amide bonds. The van der Waals surface area contributed by atoms with Gasteiger partial charge >= 0.3 is 0 Å². The van der Waals surface area contributed by atoms with Gasteiger partial charge in [-0.1, -0.05) is 12.6 Å². The van der Waals surface area contributed by atoms with Crippen LogP contribution in [0, 0.1) is 11.6 Å². The SMILES string of the molecule is C=CC(=O)N1CCn2nc(-c3nc(-c4ccc5c(cnn5C)c4)c4scnc4c3-c3c(F)cc(F)cc3OCCOC)cc2[C@H]1C. The molecule has 0 bridgehead atoms. The van der Waals surface area contributed by atoms with Crippen molar-refractivity contribution in [3.8, 4) is 39.5 Å². The Morgan fingerprint density at radius 1 is 1.13 bits per heavy atom. The third-order valence-electron chi connectivity index (χ3n) is 8.27. The number of amides is 1. The standard InChI is InChI=1S/C33H29F2N7O3S/c1-5-27(43)41-8-9-42-25(18(41)2)15-23(39-42)31-29(28-22(35)13-21(34)14-26(28)45-11-10-44-4)32-33(46-17-36-32)30(38-31)19-6-7-24-20(12-19)16-37-40(24)3/h5-7,12-18H,1,8-11H2,2-4H3/t18-/m1/s1. The number of hydrogen-bond donors (Lipinski definition) is 0. The first-order valence-corrected chi connectivity index (χ1v) is 15.5. The summed E-state index contributed by atoms with van der Waals surface area (Å²) in [6, 6.07) is 9.48. The highest BCUT2D eigenvalue weighted by molar-refractivity contribution is 7.17. The smallest absolute Gasteiger partial charge is 0.246 e. The van der Waals surface area contributed by atoms with Gasteiger partial charge in [0.1, 0.15) is 35.4 Å². The average Bonchev–Trinajstić information content (AvgIpc) is 3.79. The fourth-order valence-corrected chi connectivity index (χ4v) is 6.83. The van der Waals surface area contributed by atoms with Crippen molar-refractivity contribution in [3.63, 3.8) is 0 Å². The second-order valence-electron chi connectivity index (χ2n) is 10.9. The zero-order chi connectivity index (χ0) is 32.1. The normalized spacial score (nSPS) is 14.6. The first-order valence-electron chi connectivity index (χ1n) is 14.6. The maximum Gasteiger partial charge on any atom is 0.246 e. The Morgan fingerprint density at radius 3 is 2.78 bits per heavy atom. The molecule has 0 fully saturated rings. The fraction of sp³-hybridized carbons (Fsp3) is 0.242.